The van der Waals surface area contributed by atoms with E-state index in [0.717, 1.165) is 30.9 Å². The first-order valence-electron chi connectivity index (χ1n) is 5.01. The van der Waals surface area contributed by atoms with Gasteiger partial charge in [0, 0.05) is 18.2 Å². The second-order valence-electron chi connectivity index (χ2n) is 3.58. The molecule has 0 bridgehead atoms. The average Bonchev–Trinajstić information content (AvgIpc) is 2.82. The third-order valence-electron chi connectivity index (χ3n) is 2.73. The van der Waals surface area contributed by atoms with Crippen molar-refractivity contribution in [3.05, 3.63) is 29.6 Å². The summed E-state index contributed by atoms with van der Waals surface area (Å²) in [5, 5.41) is 4.47. The van der Waals surface area contributed by atoms with Crippen LogP contribution in [0.4, 0.5) is 0 Å². The van der Waals surface area contributed by atoms with Gasteiger partial charge in [0.15, 0.2) is 0 Å². The molecule has 0 amide bonds. The maximum Gasteiger partial charge on any atom is 0.126 e. The van der Waals surface area contributed by atoms with Gasteiger partial charge in [-0.3, -0.25) is 0 Å². The molecule has 1 aliphatic rings. The highest BCUT2D eigenvalue weighted by Gasteiger charge is 2.16. The molecular formula is C11H12N2O. The smallest absolute Gasteiger partial charge is 0.126 e. The molecule has 0 aliphatic carbocycles. The fraction of sp³-hybridized carbons (Fsp3) is 0.364. The molecule has 72 valence electrons. The molecule has 0 saturated carbocycles. The first-order chi connectivity index (χ1) is 6.88. The lowest BCUT2D eigenvalue weighted by molar-refractivity contribution is 0.356. The Morgan fingerprint density at radius 2 is 2.50 bits per heavy atom. The Balaban J connectivity index is 2.31. The number of hydrogen-bond acceptors (Lipinski definition) is 2. The molecule has 0 aromatic carbocycles. The molecule has 0 unspecified atom stereocenters. The Kier molecular flexibility index (Phi) is 1.54. The number of nitrogens with zero attached hydrogens (tertiary/aromatic N) is 2. The number of fused-ring (bicyclic) bond motifs is 3. The normalized spacial score (nSPS) is 14.4. The van der Waals surface area contributed by atoms with Crippen molar-refractivity contribution in [2.24, 2.45) is 0 Å². The second kappa shape index (κ2) is 2.74. The van der Waals surface area contributed by atoms with Crippen LogP contribution in [0.1, 0.15) is 18.2 Å². The van der Waals surface area contributed by atoms with Crippen LogP contribution < -0.4 is 4.74 Å². The molecule has 14 heavy (non-hydrogen) atoms. The summed E-state index contributed by atoms with van der Waals surface area (Å²) >= 11 is 0. The zero-order chi connectivity index (χ0) is 9.54. The Morgan fingerprint density at radius 3 is 3.36 bits per heavy atom. The molecule has 0 N–H and O–H groups in total. The van der Waals surface area contributed by atoms with E-state index >= 15 is 0 Å². The van der Waals surface area contributed by atoms with Gasteiger partial charge in [-0.1, -0.05) is 6.92 Å². The van der Waals surface area contributed by atoms with Gasteiger partial charge in [-0.05, 0) is 18.6 Å². The Morgan fingerprint density at radius 1 is 1.57 bits per heavy atom. The van der Waals surface area contributed by atoms with Crippen molar-refractivity contribution in [1.82, 2.24) is 9.61 Å². The summed E-state index contributed by atoms with van der Waals surface area (Å²) in [6, 6.07) is 4.16. The number of pyridine rings is 1. The molecule has 2 aromatic rings. The molecule has 2 aromatic heterocycles. The van der Waals surface area contributed by atoms with Gasteiger partial charge in [-0.15, -0.1) is 0 Å². The zero-order valence-corrected chi connectivity index (χ0v) is 8.16. The van der Waals surface area contributed by atoms with Gasteiger partial charge >= 0.3 is 0 Å². The number of rotatable bonds is 1. The van der Waals surface area contributed by atoms with Crippen LogP contribution >= 0.6 is 0 Å². The maximum atomic E-state index is 5.51. The van der Waals surface area contributed by atoms with E-state index in [4.69, 9.17) is 4.74 Å². The third kappa shape index (κ3) is 0.953. The Bertz CT molecular complexity index is 487. The van der Waals surface area contributed by atoms with Crippen molar-refractivity contribution in [2.45, 2.75) is 19.8 Å². The van der Waals surface area contributed by atoms with E-state index in [1.165, 1.54) is 11.1 Å². The predicted molar refractivity (Wildman–Crippen MR) is 53.8 cm³/mol. The number of hydrogen-bond donors (Lipinski definition) is 0. The highest BCUT2D eigenvalue weighted by Crippen LogP contribution is 2.28. The average molecular weight is 188 g/mol. The fourth-order valence-electron chi connectivity index (χ4n) is 1.97. The van der Waals surface area contributed by atoms with Crippen LogP contribution in [-0.2, 0) is 12.8 Å². The summed E-state index contributed by atoms with van der Waals surface area (Å²) in [5.41, 5.74) is 3.65. The molecule has 0 fully saturated rings. The molecule has 0 radical (unpaired) electrons. The lowest BCUT2D eigenvalue weighted by atomic mass is 10.1. The highest BCUT2D eigenvalue weighted by atomic mass is 16.5. The fourth-order valence-corrected chi connectivity index (χ4v) is 1.97. The van der Waals surface area contributed by atoms with E-state index in [0.29, 0.717) is 0 Å². The van der Waals surface area contributed by atoms with Gasteiger partial charge in [0.2, 0.25) is 0 Å². The van der Waals surface area contributed by atoms with Crippen LogP contribution in [0.25, 0.3) is 5.52 Å². The van der Waals surface area contributed by atoms with Crippen LogP contribution in [0.2, 0.25) is 0 Å². The lowest BCUT2D eigenvalue weighted by Gasteiger charge is -1.99. The number of ether oxygens (including phenoxy) is 1. The summed E-state index contributed by atoms with van der Waals surface area (Å²) in [6.07, 6.45) is 3.96. The molecule has 0 saturated heterocycles. The van der Waals surface area contributed by atoms with E-state index in [2.05, 4.69) is 18.1 Å². The van der Waals surface area contributed by atoms with E-state index < -0.39 is 0 Å². The van der Waals surface area contributed by atoms with Crippen LogP contribution in [0.5, 0.6) is 5.75 Å². The molecule has 3 heterocycles. The topological polar surface area (TPSA) is 26.5 Å². The quantitative estimate of drug-likeness (QED) is 0.682. The van der Waals surface area contributed by atoms with Crippen LogP contribution in [0.3, 0.4) is 0 Å². The van der Waals surface area contributed by atoms with Gasteiger partial charge in [0.1, 0.15) is 5.75 Å². The summed E-state index contributed by atoms with van der Waals surface area (Å²) in [7, 11) is 0. The van der Waals surface area contributed by atoms with Crippen molar-refractivity contribution >= 4 is 5.52 Å². The first kappa shape index (κ1) is 7.85. The van der Waals surface area contributed by atoms with E-state index in [9.17, 15) is 0 Å². The molecule has 3 heteroatoms. The van der Waals surface area contributed by atoms with Crippen molar-refractivity contribution in [3.8, 4) is 5.75 Å². The first-order valence-corrected chi connectivity index (χ1v) is 5.01. The standard InChI is InChI=1S/C11H12N2O/c1-2-8-7-10-9-4-6-14-11(9)3-5-13(10)12-8/h3,5,7H,2,4,6H2,1H3. The zero-order valence-electron chi connectivity index (χ0n) is 8.16. The summed E-state index contributed by atoms with van der Waals surface area (Å²) in [5.74, 6) is 1.03. The minimum absolute atomic E-state index is 0.807. The molecule has 3 nitrogen and oxygen atoms in total. The monoisotopic (exact) mass is 188 g/mol. The largest absolute Gasteiger partial charge is 0.493 e. The molecule has 0 atom stereocenters. The summed E-state index contributed by atoms with van der Waals surface area (Å²) in [6.45, 7) is 2.93. The van der Waals surface area contributed by atoms with Gasteiger partial charge in [-0.2, -0.15) is 5.10 Å². The van der Waals surface area contributed by atoms with Crippen molar-refractivity contribution in [3.63, 3.8) is 0 Å². The third-order valence-corrected chi connectivity index (χ3v) is 2.73. The minimum atomic E-state index is 0.807. The number of aromatic nitrogens is 2. The Hall–Kier alpha value is -1.51. The van der Waals surface area contributed by atoms with Gasteiger partial charge in [0.25, 0.3) is 0 Å². The maximum absolute atomic E-state index is 5.51. The molecular weight excluding hydrogens is 176 g/mol. The SMILES string of the molecule is CCc1cc2c3c(ccn2n1)OCC3. The van der Waals surface area contributed by atoms with E-state index in [-0.39, 0.29) is 0 Å². The van der Waals surface area contributed by atoms with E-state index in [1.807, 2.05) is 16.8 Å². The van der Waals surface area contributed by atoms with Crippen LogP contribution in [0.15, 0.2) is 18.3 Å². The predicted octanol–water partition coefficient (Wildman–Crippen LogP) is 1.83. The van der Waals surface area contributed by atoms with Gasteiger partial charge in [-0.25, -0.2) is 4.52 Å². The highest BCUT2D eigenvalue weighted by molar-refractivity contribution is 5.62. The minimum Gasteiger partial charge on any atom is -0.493 e. The van der Waals surface area contributed by atoms with Gasteiger partial charge < -0.3 is 4.74 Å². The molecule has 0 spiro atoms. The van der Waals surface area contributed by atoms with Crippen molar-refractivity contribution in [1.29, 1.82) is 0 Å². The number of aryl methyl sites for hydroxylation is 1. The Labute approximate surface area is 82.3 Å². The van der Waals surface area contributed by atoms with E-state index in [1.54, 1.807) is 0 Å². The molecule has 1 aliphatic heterocycles. The van der Waals surface area contributed by atoms with Crippen molar-refractivity contribution in [2.75, 3.05) is 6.61 Å². The van der Waals surface area contributed by atoms with Gasteiger partial charge in [0.05, 0.1) is 17.8 Å². The van der Waals surface area contributed by atoms with Crippen LogP contribution in [0, 0.1) is 0 Å². The summed E-state index contributed by atoms with van der Waals surface area (Å²) in [4.78, 5) is 0. The van der Waals surface area contributed by atoms with Crippen molar-refractivity contribution < 1.29 is 4.74 Å². The lowest BCUT2D eigenvalue weighted by Crippen LogP contribution is -1.89. The second-order valence-corrected chi connectivity index (χ2v) is 3.58. The molecule has 3 rings (SSSR count). The summed E-state index contributed by atoms with van der Waals surface area (Å²) < 4.78 is 7.46. The van der Waals surface area contributed by atoms with Crippen LogP contribution in [-0.4, -0.2) is 16.2 Å².